The van der Waals surface area contributed by atoms with Crippen LogP contribution in [0.25, 0.3) is 0 Å². The summed E-state index contributed by atoms with van der Waals surface area (Å²) in [6, 6.07) is 8.12. The number of nitrogens with zero attached hydrogens (tertiary/aromatic N) is 1. The van der Waals surface area contributed by atoms with Gasteiger partial charge in [-0.05, 0) is 17.9 Å². The molecule has 0 radical (unpaired) electrons. The lowest BCUT2D eigenvalue weighted by Gasteiger charge is -2.15. The first-order chi connectivity index (χ1) is 9.31. The van der Waals surface area contributed by atoms with Crippen molar-refractivity contribution in [2.45, 2.75) is 25.7 Å². The molecule has 4 rings (SSSR count). The van der Waals surface area contributed by atoms with Crippen LogP contribution < -0.4 is 5.32 Å². The molecule has 0 aromatic heterocycles. The highest BCUT2D eigenvalue weighted by Gasteiger charge is 2.76. The molecule has 0 bridgehead atoms. The van der Waals surface area contributed by atoms with Crippen molar-refractivity contribution in [1.82, 2.24) is 5.32 Å². The number of nitrogens with one attached hydrogen (secondary N) is 1. The lowest BCUT2D eigenvalue weighted by Crippen LogP contribution is -2.35. The number of benzene rings is 1. The maximum atomic E-state index is 12.9. The smallest absolute Gasteiger partial charge is 0.177 e. The van der Waals surface area contributed by atoms with Gasteiger partial charge in [-0.3, -0.25) is 9.79 Å². The fraction of sp³-hybridized carbons (Fsp3) is 0.500. The number of hydrogen-bond acceptors (Lipinski definition) is 3. The van der Waals surface area contributed by atoms with E-state index in [1.54, 1.807) is 0 Å². The fourth-order valence-corrected chi connectivity index (χ4v) is 4.24. The summed E-state index contributed by atoms with van der Waals surface area (Å²) in [5.41, 5.74) is 1.86. The van der Waals surface area contributed by atoms with Crippen LogP contribution >= 0.6 is 0 Å². The largest absolute Gasteiger partial charge is 0.371 e. The zero-order valence-corrected chi connectivity index (χ0v) is 11.1. The highest BCUT2D eigenvalue weighted by atomic mass is 16.1. The molecule has 1 aromatic rings. The van der Waals surface area contributed by atoms with Crippen LogP contribution in [-0.2, 0) is 0 Å². The van der Waals surface area contributed by atoms with Crippen LogP contribution in [0.4, 0.5) is 0 Å². The maximum absolute atomic E-state index is 12.9. The van der Waals surface area contributed by atoms with Crippen molar-refractivity contribution in [3.63, 3.8) is 0 Å². The number of Topliss-reactive ketones (excluding diaryl/α,β-unsaturated/α-hetero) is 1. The molecule has 1 saturated carbocycles. The topological polar surface area (TPSA) is 41.5 Å². The molecule has 1 heterocycles. The van der Waals surface area contributed by atoms with Crippen LogP contribution in [0.2, 0.25) is 0 Å². The van der Waals surface area contributed by atoms with Gasteiger partial charge in [-0.2, -0.15) is 0 Å². The molecule has 3 atom stereocenters. The number of fused-ring (bicyclic) bond motifs is 3. The normalized spacial score (nSPS) is 34.6. The second-order valence-corrected chi connectivity index (χ2v) is 5.82. The van der Waals surface area contributed by atoms with Gasteiger partial charge in [0.15, 0.2) is 5.78 Å². The Bertz CT molecular complexity index is 592. The minimum atomic E-state index is -0.323. The van der Waals surface area contributed by atoms with Crippen molar-refractivity contribution in [1.29, 1.82) is 0 Å². The Hall–Kier alpha value is -1.64. The lowest BCUT2D eigenvalue weighted by molar-refractivity contribution is 0.0936. The van der Waals surface area contributed by atoms with Crippen LogP contribution in [0, 0.1) is 11.3 Å². The van der Waals surface area contributed by atoms with Crippen molar-refractivity contribution >= 4 is 11.6 Å². The molecule has 3 unspecified atom stereocenters. The first-order valence-electron chi connectivity index (χ1n) is 7.24. The molecule has 0 saturated heterocycles. The van der Waals surface area contributed by atoms with Gasteiger partial charge >= 0.3 is 0 Å². The van der Waals surface area contributed by atoms with Gasteiger partial charge in [0.05, 0.1) is 6.54 Å². The van der Waals surface area contributed by atoms with E-state index in [1.807, 2.05) is 18.2 Å². The van der Waals surface area contributed by atoms with Crippen molar-refractivity contribution in [2.75, 3.05) is 13.1 Å². The van der Waals surface area contributed by atoms with Gasteiger partial charge in [-0.1, -0.05) is 37.6 Å². The molecule has 2 aliphatic carbocycles. The summed E-state index contributed by atoms with van der Waals surface area (Å²) in [6.07, 6.45) is 2.25. The summed E-state index contributed by atoms with van der Waals surface area (Å²) in [6.45, 7) is 3.89. The quantitative estimate of drug-likeness (QED) is 0.899. The lowest BCUT2D eigenvalue weighted by atomic mass is 9.91. The molecule has 1 N–H and O–H groups in total. The zero-order valence-electron chi connectivity index (χ0n) is 11.1. The van der Waals surface area contributed by atoms with E-state index in [0.717, 1.165) is 37.3 Å². The van der Waals surface area contributed by atoms with Crippen molar-refractivity contribution < 1.29 is 4.79 Å². The molecule has 98 valence electrons. The molecule has 0 spiro atoms. The summed E-state index contributed by atoms with van der Waals surface area (Å²) in [7, 11) is 0. The number of hydrogen-bond donors (Lipinski definition) is 1. The van der Waals surface area contributed by atoms with Gasteiger partial charge in [0.1, 0.15) is 11.3 Å². The maximum Gasteiger partial charge on any atom is 0.177 e. The third-order valence-corrected chi connectivity index (χ3v) is 4.95. The Labute approximate surface area is 113 Å². The molecule has 1 aliphatic heterocycles. The van der Waals surface area contributed by atoms with E-state index in [0.29, 0.717) is 17.6 Å². The molecular weight excluding hydrogens is 236 g/mol. The van der Waals surface area contributed by atoms with Gasteiger partial charge < -0.3 is 5.32 Å². The molecule has 19 heavy (non-hydrogen) atoms. The van der Waals surface area contributed by atoms with Gasteiger partial charge in [0.25, 0.3) is 0 Å². The predicted octanol–water partition coefficient (Wildman–Crippen LogP) is 2.38. The predicted molar refractivity (Wildman–Crippen MR) is 74.6 cm³/mol. The highest BCUT2D eigenvalue weighted by molar-refractivity contribution is 6.23. The number of aliphatic imine (C=N–C) groups is 1. The molecule has 1 fully saturated rings. The van der Waals surface area contributed by atoms with E-state index in [9.17, 15) is 4.79 Å². The van der Waals surface area contributed by atoms with E-state index >= 15 is 0 Å². The molecule has 3 nitrogen and oxygen atoms in total. The second-order valence-electron chi connectivity index (χ2n) is 5.82. The molecule has 1 aromatic carbocycles. The van der Waals surface area contributed by atoms with E-state index in [2.05, 4.69) is 23.3 Å². The first kappa shape index (κ1) is 11.2. The van der Waals surface area contributed by atoms with Crippen molar-refractivity contribution in [2.24, 2.45) is 16.3 Å². The summed E-state index contributed by atoms with van der Waals surface area (Å²) in [5.74, 6) is 2.11. The second kappa shape index (κ2) is 3.69. The van der Waals surface area contributed by atoms with Crippen molar-refractivity contribution in [3.8, 4) is 0 Å². The SMILES string of the molecule is CCCC1C2c3ccccc3C(=O)C12C1=NCCN1. The number of rotatable bonds is 3. The number of amidine groups is 1. The number of carbonyl (C=O) groups is 1. The van der Waals surface area contributed by atoms with Crippen LogP contribution in [0.15, 0.2) is 29.3 Å². The van der Waals surface area contributed by atoms with Crippen molar-refractivity contribution in [3.05, 3.63) is 35.4 Å². The van der Waals surface area contributed by atoms with E-state index in [4.69, 9.17) is 0 Å². The van der Waals surface area contributed by atoms with Gasteiger partial charge in [0.2, 0.25) is 0 Å². The molecular formula is C16H18N2O. The van der Waals surface area contributed by atoms with Gasteiger partial charge in [-0.15, -0.1) is 0 Å². The Morgan fingerprint density at radius 1 is 1.42 bits per heavy atom. The molecule has 0 amide bonds. The Morgan fingerprint density at radius 3 is 3.00 bits per heavy atom. The molecule has 3 aliphatic rings. The third-order valence-electron chi connectivity index (χ3n) is 4.95. The number of carbonyl (C=O) groups excluding carboxylic acids is 1. The zero-order chi connectivity index (χ0) is 13.0. The first-order valence-corrected chi connectivity index (χ1v) is 7.24. The van der Waals surface area contributed by atoms with Crippen LogP contribution in [0.5, 0.6) is 0 Å². The third kappa shape index (κ3) is 1.18. The number of ketones is 1. The van der Waals surface area contributed by atoms with Gasteiger partial charge in [-0.25, -0.2) is 0 Å². The highest BCUT2D eigenvalue weighted by Crippen LogP contribution is 2.72. The minimum Gasteiger partial charge on any atom is -0.371 e. The van der Waals surface area contributed by atoms with E-state index in [-0.39, 0.29) is 5.41 Å². The standard InChI is InChI=1S/C16H18N2O/c1-2-5-12-13-10-6-3-4-7-11(10)14(19)16(12,13)15-17-8-9-18-15/h3-4,6-7,12-13H,2,5,8-9H2,1H3,(H,17,18). The minimum absolute atomic E-state index is 0.305. The summed E-state index contributed by atoms with van der Waals surface area (Å²) < 4.78 is 0. The average Bonchev–Trinajstić information content (AvgIpc) is 2.80. The van der Waals surface area contributed by atoms with E-state index < -0.39 is 0 Å². The molecule has 3 heteroatoms. The monoisotopic (exact) mass is 254 g/mol. The van der Waals surface area contributed by atoms with Gasteiger partial charge in [0, 0.05) is 18.0 Å². The fourth-order valence-electron chi connectivity index (χ4n) is 4.24. The van der Waals surface area contributed by atoms with Crippen LogP contribution in [0.3, 0.4) is 0 Å². The Balaban J connectivity index is 1.84. The average molecular weight is 254 g/mol. The Kier molecular flexibility index (Phi) is 2.17. The van der Waals surface area contributed by atoms with E-state index in [1.165, 1.54) is 5.56 Å². The summed E-state index contributed by atoms with van der Waals surface area (Å²) in [5, 5.41) is 3.36. The summed E-state index contributed by atoms with van der Waals surface area (Å²) in [4.78, 5) is 17.5. The Morgan fingerprint density at radius 2 is 2.26 bits per heavy atom. The van der Waals surface area contributed by atoms with Crippen LogP contribution in [-0.4, -0.2) is 24.7 Å². The summed E-state index contributed by atoms with van der Waals surface area (Å²) >= 11 is 0. The van der Waals surface area contributed by atoms with Crippen LogP contribution in [0.1, 0.15) is 41.6 Å².